The van der Waals surface area contributed by atoms with Gasteiger partial charge in [-0.05, 0) is 42.7 Å². The SMILES string of the molecule is Cn1nc(C(F)(F)F)c2c1COCCCCn1c(C(=O)O)c(CCCOc3cccc4ccccc34)c3cccc-2c31. The van der Waals surface area contributed by atoms with Crippen molar-refractivity contribution in [2.75, 3.05) is 13.2 Å². The van der Waals surface area contributed by atoms with Crippen LogP contribution in [-0.4, -0.2) is 38.6 Å². The first-order chi connectivity index (χ1) is 20.3. The number of ether oxygens (including phenoxy) is 2. The topological polar surface area (TPSA) is 78.5 Å². The fourth-order valence-electron chi connectivity index (χ4n) is 6.00. The highest BCUT2D eigenvalue weighted by molar-refractivity contribution is 6.04. The first kappa shape index (κ1) is 27.8. The highest BCUT2D eigenvalue weighted by Gasteiger charge is 2.40. The van der Waals surface area contributed by atoms with Crippen molar-refractivity contribution < 1.29 is 32.5 Å². The van der Waals surface area contributed by atoms with Gasteiger partial charge in [-0.2, -0.15) is 18.3 Å². The van der Waals surface area contributed by atoms with Gasteiger partial charge in [0.2, 0.25) is 0 Å². The third kappa shape index (κ3) is 5.00. The zero-order valence-corrected chi connectivity index (χ0v) is 23.1. The Labute approximate surface area is 240 Å². The predicted octanol–water partition coefficient (Wildman–Crippen LogP) is 7.23. The Bertz CT molecular complexity index is 1780. The molecule has 5 aromatic rings. The molecule has 0 aliphatic carbocycles. The maximum atomic E-state index is 14.3. The van der Waals surface area contributed by atoms with Gasteiger partial charge in [0.25, 0.3) is 0 Å². The zero-order chi connectivity index (χ0) is 29.4. The smallest absolute Gasteiger partial charge is 0.435 e. The van der Waals surface area contributed by atoms with Crippen molar-refractivity contribution >= 4 is 27.6 Å². The lowest BCUT2D eigenvalue weighted by molar-refractivity contribution is -0.140. The fraction of sp³-hybridized carbons (Fsp3) is 0.312. The summed E-state index contributed by atoms with van der Waals surface area (Å²) < 4.78 is 57.5. The molecule has 6 rings (SSSR count). The number of aryl methyl sites for hydroxylation is 3. The minimum atomic E-state index is -4.71. The Hall–Kier alpha value is -4.31. The molecule has 0 saturated carbocycles. The van der Waals surface area contributed by atoms with Gasteiger partial charge in [0.15, 0.2) is 5.69 Å². The Morgan fingerprint density at radius 2 is 1.81 bits per heavy atom. The summed E-state index contributed by atoms with van der Waals surface area (Å²) in [4.78, 5) is 12.7. The molecule has 0 saturated heterocycles. The van der Waals surface area contributed by atoms with Crippen LogP contribution in [-0.2, 0) is 37.5 Å². The van der Waals surface area contributed by atoms with E-state index < -0.39 is 17.8 Å². The normalized spacial score (nSPS) is 14.1. The standard InChI is InChI=1S/C32H30F3N3O4/c1-37-25-19-41-17-5-4-16-38-28-22(12-7-13-24(28)27(25)30(36-37)32(33,34)35)23(29(38)31(39)40)14-8-18-42-26-15-6-10-20-9-2-3-11-21(20)26/h2-3,6-7,9-13,15H,4-5,8,14,16-19H2,1H3,(H,39,40). The molecule has 0 spiro atoms. The van der Waals surface area contributed by atoms with Gasteiger partial charge in [0.1, 0.15) is 11.4 Å². The summed E-state index contributed by atoms with van der Waals surface area (Å²) in [7, 11) is 1.47. The number of hydrogen-bond donors (Lipinski definition) is 1. The van der Waals surface area contributed by atoms with Crippen LogP contribution >= 0.6 is 0 Å². The summed E-state index contributed by atoms with van der Waals surface area (Å²) in [5.41, 5.74) is 0.682. The van der Waals surface area contributed by atoms with Gasteiger partial charge in [0.05, 0.1) is 24.4 Å². The number of fused-ring (bicyclic) bond motifs is 3. The number of alkyl halides is 3. The second kappa shape index (κ2) is 11.2. The van der Waals surface area contributed by atoms with Crippen LogP contribution in [0.15, 0.2) is 60.7 Å². The van der Waals surface area contributed by atoms with Crippen LogP contribution in [0.25, 0.3) is 32.8 Å². The molecule has 3 aromatic carbocycles. The lowest BCUT2D eigenvalue weighted by Gasteiger charge is -2.13. The highest BCUT2D eigenvalue weighted by atomic mass is 19.4. The second-order valence-electron chi connectivity index (χ2n) is 10.5. The van der Waals surface area contributed by atoms with Crippen molar-refractivity contribution in [2.24, 2.45) is 7.05 Å². The van der Waals surface area contributed by atoms with E-state index in [9.17, 15) is 23.1 Å². The Morgan fingerprint density at radius 3 is 2.62 bits per heavy atom. The molecule has 0 fully saturated rings. The van der Waals surface area contributed by atoms with Gasteiger partial charge in [-0.3, -0.25) is 4.68 Å². The van der Waals surface area contributed by atoms with Gasteiger partial charge in [-0.25, -0.2) is 4.79 Å². The minimum absolute atomic E-state index is 0.0316. The molecule has 0 amide bonds. The van der Waals surface area contributed by atoms with Gasteiger partial charge in [-0.1, -0.05) is 54.6 Å². The number of carboxylic acids is 1. The Morgan fingerprint density at radius 1 is 1.05 bits per heavy atom. The molecule has 0 bridgehead atoms. The Kier molecular flexibility index (Phi) is 7.40. The van der Waals surface area contributed by atoms with Gasteiger partial charge < -0.3 is 19.1 Å². The van der Waals surface area contributed by atoms with Crippen LogP contribution in [0.2, 0.25) is 0 Å². The van der Waals surface area contributed by atoms with E-state index in [4.69, 9.17) is 9.47 Å². The molecular formula is C32H30F3N3O4. The van der Waals surface area contributed by atoms with Crippen LogP contribution in [0.5, 0.6) is 5.75 Å². The van der Waals surface area contributed by atoms with E-state index in [1.54, 1.807) is 22.8 Å². The second-order valence-corrected chi connectivity index (χ2v) is 10.5. The summed E-state index contributed by atoms with van der Waals surface area (Å²) in [5, 5.41) is 16.9. The van der Waals surface area contributed by atoms with Crippen molar-refractivity contribution in [1.82, 2.24) is 14.3 Å². The molecule has 1 aliphatic heterocycles. The van der Waals surface area contributed by atoms with Crippen LogP contribution in [0.3, 0.4) is 0 Å². The number of aromatic nitrogens is 3. The summed E-state index contributed by atoms with van der Waals surface area (Å²) in [6.45, 7) is 0.993. The number of carbonyl (C=O) groups is 1. The van der Waals surface area contributed by atoms with E-state index in [0.29, 0.717) is 73.2 Å². The van der Waals surface area contributed by atoms with E-state index in [-0.39, 0.29) is 17.9 Å². The fourth-order valence-corrected chi connectivity index (χ4v) is 6.00. The maximum Gasteiger partial charge on any atom is 0.435 e. The molecule has 0 unspecified atom stereocenters. The number of carboxylic acid groups (broad SMARTS) is 1. The average Bonchev–Trinajstić information content (AvgIpc) is 3.46. The number of benzene rings is 3. The van der Waals surface area contributed by atoms with Crippen molar-refractivity contribution in [3.05, 3.63) is 83.3 Å². The van der Waals surface area contributed by atoms with E-state index in [2.05, 4.69) is 5.10 Å². The van der Waals surface area contributed by atoms with Crippen molar-refractivity contribution in [3.63, 3.8) is 0 Å². The Balaban J connectivity index is 1.44. The average molecular weight is 578 g/mol. The summed E-state index contributed by atoms with van der Waals surface area (Å²) in [6, 6.07) is 18.8. The van der Waals surface area contributed by atoms with Gasteiger partial charge >= 0.3 is 12.1 Å². The van der Waals surface area contributed by atoms with Crippen molar-refractivity contribution in [1.29, 1.82) is 0 Å². The van der Waals surface area contributed by atoms with Crippen molar-refractivity contribution in [3.8, 4) is 16.9 Å². The summed E-state index contributed by atoms with van der Waals surface area (Å²) in [5.74, 6) is -0.368. The molecule has 2 aromatic heterocycles. The molecule has 10 heteroatoms. The molecule has 0 atom stereocenters. The maximum absolute atomic E-state index is 14.3. The van der Waals surface area contributed by atoms with Crippen LogP contribution in [0.4, 0.5) is 13.2 Å². The molecule has 7 nitrogen and oxygen atoms in total. The van der Waals surface area contributed by atoms with E-state index >= 15 is 0 Å². The van der Waals surface area contributed by atoms with Crippen molar-refractivity contribution in [2.45, 2.75) is 45.0 Å². The van der Waals surface area contributed by atoms with Crippen LogP contribution < -0.4 is 4.74 Å². The lowest BCUT2D eigenvalue weighted by atomic mass is 9.98. The minimum Gasteiger partial charge on any atom is -0.493 e. The van der Waals surface area contributed by atoms with E-state index in [1.807, 2.05) is 42.5 Å². The third-order valence-electron chi connectivity index (χ3n) is 7.83. The van der Waals surface area contributed by atoms with E-state index in [1.165, 1.54) is 11.7 Å². The van der Waals surface area contributed by atoms with E-state index in [0.717, 1.165) is 16.5 Å². The first-order valence-electron chi connectivity index (χ1n) is 13.9. The highest BCUT2D eigenvalue weighted by Crippen LogP contribution is 2.43. The molecule has 42 heavy (non-hydrogen) atoms. The number of nitrogens with zero attached hydrogens (tertiary/aromatic N) is 3. The summed E-state index contributed by atoms with van der Waals surface area (Å²) in [6.07, 6.45) is -2.55. The molecular weight excluding hydrogens is 547 g/mol. The molecule has 1 aliphatic rings. The van der Waals surface area contributed by atoms with Gasteiger partial charge in [-0.15, -0.1) is 0 Å². The first-order valence-corrected chi connectivity index (χ1v) is 13.9. The molecule has 218 valence electrons. The summed E-state index contributed by atoms with van der Waals surface area (Å²) >= 11 is 0. The quantitative estimate of drug-likeness (QED) is 0.215. The number of halogens is 3. The number of rotatable bonds is 6. The van der Waals surface area contributed by atoms with Crippen LogP contribution in [0, 0.1) is 0 Å². The zero-order valence-electron chi connectivity index (χ0n) is 23.1. The number of para-hydroxylation sites is 1. The molecule has 3 heterocycles. The number of hydrogen-bond acceptors (Lipinski definition) is 4. The largest absolute Gasteiger partial charge is 0.493 e. The third-order valence-corrected chi connectivity index (χ3v) is 7.83. The predicted molar refractivity (Wildman–Crippen MR) is 153 cm³/mol. The van der Waals surface area contributed by atoms with Gasteiger partial charge in [0, 0.05) is 42.1 Å². The monoisotopic (exact) mass is 577 g/mol. The van der Waals surface area contributed by atoms with Crippen LogP contribution in [0.1, 0.15) is 46.7 Å². The molecule has 0 radical (unpaired) electrons. The lowest BCUT2D eigenvalue weighted by Crippen LogP contribution is -2.12. The molecule has 1 N–H and O–H groups in total. The number of aromatic carboxylic acids is 1.